The second kappa shape index (κ2) is 10.9. The molecule has 1 fully saturated rings. The fraction of sp³-hybridized carbons (Fsp3) is 0.724. The monoisotopic (exact) mass is 466 g/mol. The molecular formula is C29H46N4O. The number of hydrogen-bond donors (Lipinski definition) is 1. The van der Waals surface area contributed by atoms with Crippen LogP contribution in [0.1, 0.15) is 109 Å². The first-order valence-electron chi connectivity index (χ1n) is 13.9. The Morgan fingerprint density at radius 3 is 2.18 bits per heavy atom. The SMILES string of the molecule is CCC1(CC)CCC(CC)(CC)c2cc(-c3cn(C4CCN(CCCCO)CC4)nn3)ccc21. The van der Waals surface area contributed by atoms with E-state index in [4.69, 9.17) is 5.11 Å². The van der Waals surface area contributed by atoms with Gasteiger partial charge in [-0.2, -0.15) is 0 Å². The maximum absolute atomic E-state index is 9.02. The minimum Gasteiger partial charge on any atom is -0.396 e. The standard InChI is InChI=1S/C29H46N4O/c1-5-28(6-2)15-16-29(7-3,8-4)26-21-23(11-12-25(26)28)27-22-33(31-30-27)24-13-18-32(19-14-24)17-9-10-20-34/h11-12,21-22,24,34H,5-10,13-20H2,1-4H3. The van der Waals surface area contributed by atoms with E-state index in [-0.39, 0.29) is 5.41 Å². The van der Waals surface area contributed by atoms with Crippen LogP contribution >= 0.6 is 0 Å². The van der Waals surface area contributed by atoms with Crippen molar-refractivity contribution in [3.63, 3.8) is 0 Å². The van der Waals surface area contributed by atoms with Crippen LogP contribution in [-0.4, -0.2) is 51.2 Å². The molecule has 1 aliphatic heterocycles. The molecular weight excluding hydrogens is 420 g/mol. The number of benzene rings is 1. The highest BCUT2D eigenvalue weighted by molar-refractivity contribution is 5.62. The summed E-state index contributed by atoms with van der Waals surface area (Å²) in [7, 11) is 0. The molecule has 0 radical (unpaired) electrons. The molecule has 4 rings (SSSR count). The number of nitrogens with zero attached hydrogens (tertiary/aromatic N) is 4. The van der Waals surface area contributed by atoms with Crippen molar-refractivity contribution in [3.8, 4) is 11.3 Å². The van der Waals surface area contributed by atoms with Crippen LogP contribution < -0.4 is 0 Å². The van der Waals surface area contributed by atoms with Crippen molar-refractivity contribution in [2.45, 2.75) is 109 Å². The van der Waals surface area contributed by atoms with E-state index in [1.165, 1.54) is 44.1 Å². The molecule has 188 valence electrons. The van der Waals surface area contributed by atoms with Gasteiger partial charge in [-0.15, -0.1) is 5.10 Å². The Balaban J connectivity index is 1.55. The molecule has 0 spiro atoms. The summed E-state index contributed by atoms with van der Waals surface area (Å²) in [5.74, 6) is 0. The molecule has 0 unspecified atom stereocenters. The zero-order valence-corrected chi connectivity index (χ0v) is 22.0. The molecule has 0 bridgehead atoms. The molecule has 5 heteroatoms. The molecule has 1 aromatic carbocycles. The van der Waals surface area contributed by atoms with Crippen molar-refractivity contribution in [1.29, 1.82) is 0 Å². The Bertz CT molecular complexity index is 920. The Morgan fingerprint density at radius 1 is 0.912 bits per heavy atom. The quantitative estimate of drug-likeness (QED) is 0.420. The van der Waals surface area contributed by atoms with Gasteiger partial charge in [-0.1, -0.05) is 45.0 Å². The van der Waals surface area contributed by atoms with E-state index in [2.05, 4.69) is 72.0 Å². The molecule has 1 N–H and O–H groups in total. The zero-order chi connectivity index (χ0) is 24.2. The Labute approximate surface area is 206 Å². The van der Waals surface area contributed by atoms with Gasteiger partial charge in [0.15, 0.2) is 0 Å². The van der Waals surface area contributed by atoms with Crippen LogP contribution in [0.5, 0.6) is 0 Å². The van der Waals surface area contributed by atoms with Crippen LogP contribution in [0.4, 0.5) is 0 Å². The third-order valence-corrected chi connectivity index (χ3v) is 9.57. The second-order valence-electron chi connectivity index (χ2n) is 10.8. The second-order valence-corrected chi connectivity index (χ2v) is 10.8. The van der Waals surface area contributed by atoms with Crippen molar-refractivity contribution in [2.75, 3.05) is 26.2 Å². The summed E-state index contributed by atoms with van der Waals surface area (Å²) < 4.78 is 2.12. The van der Waals surface area contributed by atoms with E-state index in [0.717, 1.165) is 51.0 Å². The van der Waals surface area contributed by atoms with Gasteiger partial charge < -0.3 is 10.0 Å². The van der Waals surface area contributed by atoms with Crippen LogP contribution in [0.3, 0.4) is 0 Å². The normalized spacial score (nSPS) is 20.4. The van der Waals surface area contributed by atoms with E-state index in [0.29, 0.717) is 18.1 Å². The lowest BCUT2D eigenvalue weighted by atomic mass is 9.57. The van der Waals surface area contributed by atoms with Crippen molar-refractivity contribution < 1.29 is 5.11 Å². The average molecular weight is 467 g/mol. The van der Waals surface area contributed by atoms with Crippen LogP contribution in [0.2, 0.25) is 0 Å². The molecule has 0 amide bonds. The van der Waals surface area contributed by atoms with Crippen molar-refractivity contribution in [3.05, 3.63) is 35.5 Å². The molecule has 1 aromatic heterocycles. The van der Waals surface area contributed by atoms with Gasteiger partial charge in [-0.05, 0) is 98.8 Å². The fourth-order valence-electron chi connectivity index (χ4n) is 6.76. The molecule has 5 nitrogen and oxygen atoms in total. The smallest absolute Gasteiger partial charge is 0.113 e. The minimum atomic E-state index is 0.290. The van der Waals surface area contributed by atoms with Gasteiger partial charge in [-0.3, -0.25) is 0 Å². The summed E-state index contributed by atoms with van der Waals surface area (Å²) in [5.41, 5.74) is 6.02. The molecule has 34 heavy (non-hydrogen) atoms. The van der Waals surface area contributed by atoms with E-state index in [1.807, 2.05) is 0 Å². The van der Waals surface area contributed by atoms with E-state index >= 15 is 0 Å². The summed E-state index contributed by atoms with van der Waals surface area (Å²) in [5, 5.41) is 18.2. The van der Waals surface area contributed by atoms with Crippen LogP contribution in [0.15, 0.2) is 24.4 Å². The highest BCUT2D eigenvalue weighted by Gasteiger charge is 2.43. The number of aliphatic hydroxyl groups excluding tert-OH is 1. The zero-order valence-electron chi connectivity index (χ0n) is 22.0. The van der Waals surface area contributed by atoms with Crippen LogP contribution in [0, 0.1) is 0 Å². The lowest BCUT2D eigenvalue weighted by Gasteiger charge is -2.48. The molecule has 2 aliphatic rings. The molecule has 0 saturated carbocycles. The summed E-state index contributed by atoms with van der Waals surface area (Å²) in [6.45, 7) is 13.1. The predicted molar refractivity (Wildman–Crippen MR) is 140 cm³/mol. The first-order chi connectivity index (χ1) is 16.5. The lowest BCUT2D eigenvalue weighted by molar-refractivity contribution is 0.171. The third-order valence-electron chi connectivity index (χ3n) is 9.57. The van der Waals surface area contributed by atoms with Gasteiger partial charge in [-0.25, -0.2) is 4.68 Å². The molecule has 0 atom stereocenters. The maximum atomic E-state index is 9.02. The van der Waals surface area contributed by atoms with Crippen molar-refractivity contribution in [1.82, 2.24) is 19.9 Å². The van der Waals surface area contributed by atoms with Gasteiger partial charge in [0.25, 0.3) is 0 Å². The summed E-state index contributed by atoms with van der Waals surface area (Å²) in [6.07, 6.45) is 13.9. The maximum Gasteiger partial charge on any atom is 0.113 e. The highest BCUT2D eigenvalue weighted by atomic mass is 16.2. The van der Waals surface area contributed by atoms with Gasteiger partial charge >= 0.3 is 0 Å². The highest BCUT2D eigenvalue weighted by Crippen LogP contribution is 2.52. The molecule has 1 saturated heterocycles. The first kappa shape index (κ1) is 25.4. The predicted octanol–water partition coefficient (Wildman–Crippen LogP) is 6.26. The van der Waals surface area contributed by atoms with Gasteiger partial charge in [0, 0.05) is 25.3 Å². The summed E-state index contributed by atoms with van der Waals surface area (Å²) >= 11 is 0. The summed E-state index contributed by atoms with van der Waals surface area (Å²) in [4.78, 5) is 2.52. The van der Waals surface area contributed by atoms with Gasteiger partial charge in [0.2, 0.25) is 0 Å². The largest absolute Gasteiger partial charge is 0.396 e. The van der Waals surface area contributed by atoms with Crippen LogP contribution in [-0.2, 0) is 10.8 Å². The van der Waals surface area contributed by atoms with Crippen molar-refractivity contribution >= 4 is 0 Å². The number of likely N-dealkylation sites (tertiary alicyclic amines) is 1. The number of piperidine rings is 1. The average Bonchev–Trinajstić information content (AvgIpc) is 3.39. The fourth-order valence-corrected chi connectivity index (χ4v) is 6.76. The van der Waals surface area contributed by atoms with E-state index in [9.17, 15) is 0 Å². The third kappa shape index (κ3) is 4.70. The molecule has 2 aromatic rings. The van der Waals surface area contributed by atoms with E-state index < -0.39 is 0 Å². The molecule has 1 aliphatic carbocycles. The number of aromatic nitrogens is 3. The molecule has 2 heterocycles. The number of hydrogen-bond acceptors (Lipinski definition) is 4. The van der Waals surface area contributed by atoms with Crippen molar-refractivity contribution in [2.24, 2.45) is 0 Å². The topological polar surface area (TPSA) is 54.2 Å². The number of aliphatic hydroxyl groups is 1. The van der Waals surface area contributed by atoms with Gasteiger partial charge in [0.1, 0.15) is 5.69 Å². The van der Waals surface area contributed by atoms with Gasteiger partial charge in [0.05, 0.1) is 12.2 Å². The Hall–Kier alpha value is -1.72. The first-order valence-corrected chi connectivity index (χ1v) is 13.9. The Kier molecular flexibility index (Phi) is 8.14. The number of rotatable bonds is 10. The van der Waals surface area contributed by atoms with Crippen LogP contribution in [0.25, 0.3) is 11.3 Å². The minimum absolute atomic E-state index is 0.290. The lowest BCUT2D eigenvalue weighted by Crippen LogP contribution is -2.39. The number of fused-ring (bicyclic) bond motifs is 1. The van der Waals surface area contributed by atoms with E-state index in [1.54, 1.807) is 11.1 Å². The number of unbranched alkanes of at least 4 members (excludes halogenated alkanes) is 1. The summed E-state index contributed by atoms with van der Waals surface area (Å²) in [6, 6.07) is 7.64. The Morgan fingerprint density at radius 2 is 1.56 bits per heavy atom.